The Balaban J connectivity index is 1.81. The summed E-state index contributed by atoms with van der Waals surface area (Å²) >= 11 is 0. The molecule has 0 spiro atoms. The Bertz CT molecular complexity index is 1170. The molecule has 0 aliphatic heterocycles. The van der Waals surface area contributed by atoms with Crippen LogP contribution in [0.5, 0.6) is 11.5 Å². The van der Waals surface area contributed by atoms with Gasteiger partial charge >= 0.3 is 0 Å². The second kappa shape index (κ2) is 8.53. The van der Waals surface area contributed by atoms with Gasteiger partial charge in [0.1, 0.15) is 17.2 Å². The minimum absolute atomic E-state index is 0.289. The lowest BCUT2D eigenvalue weighted by Gasteiger charge is -2.10. The van der Waals surface area contributed by atoms with Crippen LogP contribution in [0, 0.1) is 0 Å². The van der Waals surface area contributed by atoms with Gasteiger partial charge in [-0.3, -0.25) is 4.79 Å². The summed E-state index contributed by atoms with van der Waals surface area (Å²) in [5, 5.41) is 7.64. The predicted octanol–water partition coefficient (Wildman–Crippen LogP) is 4.81. The van der Waals surface area contributed by atoms with Crippen LogP contribution in [-0.2, 0) is 0 Å². The molecular formula is C24H21N3O3. The quantitative estimate of drug-likeness (QED) is 0.505. The Morgan fingerprint density at radius 1 is 0.833 bits per heavy atom. The fourth-order valence-corrected chi connectivity index (χ4v) is 3.23. The fourth-order valence-electron chi connectivity index (χ4n) is 3.23. The van der Waals surface area contributed by atoms with Crippen molar-refractivity contribution >= 4 is 11.6 Å². The van der Waals surface area contributed by atoms with Crippen LogP contribution >= 0.6 is 0 Å². The molecule has 30 heavy (non-hydrogen) atoms. The number of hydrogen-bond acceptors (Lipinski definition) is 4. The summed E-state index contributed by atoms with van der Waals surface area (Å²) in [6, 6.07) is 24.4. The smallest absolute Gasteiger partial charge is 0.259 e. The summed E-state index contributed by atoms with van der Waals surface area (Å²) in [5.74, 6) is 0.935. The molecule has 0 unspecified atom stereocenters. The first-order valence-electron chi connectivity index (χ1n) is 9.44. The van der Waals surface area contributed by atoms with Gasteiger partial charge in [-0.05, 0) is 36.4 Å². The van der Waals surface area contributed by atoms with Gasteiger partial charge < -0.3 is 14.8 Å². The van der Waals surface area contributed by atoms with Crippen molar-refractivity contribution in [3.8, 4) is 28.4 Å². The molecule has 1 amide bonds. The van der Waals surface area contributed by atoms with Crippen LogP contribution in [0.2, 0.25) is 0 Å². The van der Waals surface area contributed by atoms with E-state index in [1.54, 1.807) is 37.2 Å². The van der Waals surface area contributed by atoms with Gasteiger partial charge in [0.2, 0.25) is 0 Å². The van der Waals surface area contributed by atoms with Crippen molar-refractivity contribution in [2.24, 2.45) is 0 Å². The molecule has 0 aliphatic rings. The Kier molecular flexibility index (Phi) is 5.48. The molecule has 1 heterocycles. The molecule has 150 valence electrons. The zero-order valence-electron chi connectivity index (χ0n) is 16.7. The Morgan fingerprint density at radius 3 is 2.20 bits per heavy atom. The number of benzene rings is 3. The van der Waals surface area contributed by atoms with Gasteiger partial charge in [0, 0.05) is 11.8 Å². The molecule has 3 aromatic carbocycles. The highest BCUT2D eigenvalue weighted by Crippen LogP contribution is 2.33. The summed E-state index contributed by atoms with van der Waals surface area (Å²) in [6.07, 6.45) is 1.72. The van der Waals surface area contributed by atoms with E-state index in [0.29, 0.717) is 28.4 Å². The summed E-state index contributed by atoms with van der Waals surface area (Å²) in [4.78, 5) is 13.3. The van der Waals surface area contributed by atoms with E-state index in [0.717, 1.165) is 11.3 Å². The van der Waals surface area contributed by atoms with E-state index < -0.39 is 0 Å². The number of methoxy groups -OCH3 is 2. The molecule has 1 aromatic heterocycles. The maximum absolute atomic E-state index is 13.3. The highest BCUT2D eigenvalue weighted by Gasteiger charge is 2.22. The zero-order chi connectivity index (χ0) is 20.9. The number of nitrogens with zero attached hydrogens (tertiary/aromatic N) is 2. The van der Waals surface area contributed by atoms with E-state index in [1.807, 2.05) is 66.7 Å². The van der Waals surface area contributed by atoms with Gasteiger partial charge in [-0.15, -0.1) is 0 Å². The fraction of sp³-hybridized carbons (Fsp3) is 0.0833. The van der Waals surface area contributed by atoms with Crippen molar-refractivity contribution in [3.05, 3.63) is 90.6 Å². The minimum Gasteiger partial charge on any atom is -0.496 e. The van der Waals surface area contributed by atoms with Gasteiger partial charge in [0.15, 0.2) is 0 Å². The van der Waals surface area contributed by atoms with Crippen molar-refractivity contribution in [3.63, 3.8) is 0 Å². The van der Waals surface area contributed by atoms with E-state index in [-0.39, 0.29) is 5.91 Å². The Morgan fingerprint density at radius 2 is 1.47 bits per heavy atom. The Labute approximate surface area is 174 Å². The first kappa shape index (κ1) is 19.3. The van der Waals surface area contributed by atoms with E-state index >= 15 is 0 Å². The van der Waals surface area contributed by atoms with Crippen molar-refractivity contribution in [1.82, 2.24) is 9.78 Å². The second-order valence-corrected chi connectivity index (χ2v) is 6.53. The lowest BCUT2D eigenvalue weighted by molar-refractivity contribution is 0.102. The summed E-state index contributed by atoms with van der Waals surface area (Å²) in [6.45, 7) is 0. The third-order valence-corrected chi connectivity index (χ3v) is 4.70. The standard InChI is InChI=1S/C24H21N3O3/c1-29-21-14-8-6-12-18(21)23-19(16-27(26-23)17-10-4-3-5-11-17)24(28)25-20-13-7-9-15-22(20)30-2/h3-16H,1-2H3,(H,25,28). The molecule has 6 heteroatoms. The average molecular weight is 399 g/mol. The van der Waals surface area contributed by atoms with Crippen LogP contribution < -0.4 is 14.8 Å². The molecule has 0 aliphatic carbocycles. The summed E-state index contributed by atoms with van der Waals surface area (Å²) < 4.78 is 12.5. The van der Waals surface area contributed by atoms with Crippen molar-refractivity contribution in [2.45, 2.75) is 0 Å². The topological polar surface area (TPSA) is 65.4 Å². The molecule has 4 aromatic rings. The summed E-state index contributed by atoms with van der Waals surface area (Å²) in [7, 11) is 3.17. The third kappa shape index (κ3) is 3.75. The van der Waals surface area contributed by atoms with Crippen molar-refractivity contribution in [1.29, 1.82) is 0 Å². The van der Waals surface area contributed by atoms with Crippen molar-refractivity contribution < 1.29 is 14.3 Å². The molecule has 0 radical (unpaired) electrons. The number of amides is 1. The third-order valence-electron chi connectivity index (χ3n) is 4.70. The van der Waals surface area contributed by atoms with Gasteiger partial charge in [0.05, 0.1) is 31.2 Å². The summed E-state index contributed by atoms with van der Waals surface area (Å²) in [5.41, 5.74) is 3.13. The molecule has 4 rings (SSSR count). The second-order valence-electron chi connectivity index (χ2n) is 6.53. The SMILES string of the molecule is COc1ccccc1NC(=O)c1cn(-c2ccccc2)nc1-c1ccccc1OC. The number of para-hydroxylation sites is 4. The maximum Gasteiger partial charge on any atom is 0.259 e. The van der Waals surface area contributed by atoms with Crippen LogP contribution in [0.15, 0.2) is 85.1 Å². The maximum atomic E-state index is 13.3. The first-order valence-corrected chi connectivity index (χ1v) is 9.44. The highest BCUT2D eigenvalue weighted by molar-refractivity contribution is 6.09. The molecule has 0 saturated carbocycles. The largest absolute Gasteiger partial charge is 0.496 e. The van der Waals surface area contributed by atoms with Crippen molar-refractivity contribution in [2.75, 3.05) is 19.5 Å². The van der Waals surface area contributed by atoms with Crippen LogP contribution in [0.3, 0.4) is 0 Å². The number of carbonyl (C=O) groups excluding carboxylic acids is 1. The molecule has 0 fully saturated rings. The molecule has 0 saturated heterocycles. The molecule has 0 bridgehead atoms. The van der Waals surface area contributed by atoms with Gasteiger partial charge in [-0.1, -0.05) is 42.5 Å². The van der Waals surface area contributed by atoms with E-state index in [1.165, 1.54) is 0 Å². The first-order chi connectivity index (χ1) is 14.7. The minimum atomic E-state index is -0.289. The van der Waals surface area contributed by atoms with E-state index in [4.69, 9.17) is 14.6 Å². The van der Waals surface area contributed by atoms with E-state index in [2.05, 4.69) is 5.32 Å². The zero-order valence-corrected chi connectivity index (χ0v) is 16.7. The number of nitrogens with one attached hydrogen (secondary N) is 1. The number of rotatable bonds is 6. The number of anilines is 1. The average Bonchev–Trinajstić information content (AvgIpc) is 3.25. The van der Waals surface area contributed by atoms with Crippen LogP contribution in [0.4, 0.5) is 5.69 Å². The Hall–Kier alpha value is -4.06. The van der Waals surface area contributed by atoms with Gasteiger partial charge in [-0.25, -0.2) is 4.68 Å². The van der Waals surface area contributed by atoms with Crippen LogP contribution in [-0.4, -0.2) is 29.9 Å². The number of carbonyl (C=O) groups is 1. The number of hydrogen-bond donors (Lipinski definition) is 1. The van der Waals surface area contributed by atoms with E-state index in [9.17, 15) is 4.79 Å². The van der Waals surface area contributed by atoms with Gasteiger partial charge in [0.25, 0.3) is 5.91 Å². The monoisotopic (exact) mass is 399 g/mol. The molecule has 0 atom stereocenters. The van der Waals surface area contributed by atoms with Crippen LogP contribution in [0.25, 0.3) is 16.9 Å². The van der Waals surface area contributed by atoms with Crippen LogP contribution in [0.1, 0.15) is 10.4 Å². The molecule has 1 N–H and O–H groups in total. The molecule has 6 nitrogen and oxygen atoms in total. The molecular weight excluding hydrogens is 378 g/mol. The number of ether oxygens (including phenoxy) is 2. The normalized spacial score (nSPS) is 10.5. The predicted molar refractivity (Wildman–Crippen MR) is 116 cm³/mol. The lowest BCUT2D eigenvalue weighted by Crippen LogP contribution is -2.13. The van der Waals surface area contributed by atoms with Gasteiger partial charge in [-0.2, -0.15) is 5.10 Å². The highest BCUT2D eigenvalue weighted by atomic mass is 16.5. The number of aromatic nitrogens is 2. The lowest BCUT2D eigenvalue weighted by atomic mass is 10.1.